The van der Waals surface area contributed by atoms with Crippen LogP contribution >= 0.6 is 0 Å². The van der Waals surface area contributed by atoms with E-state index in [0.717, 1.165) is 26.1 Å². The molecule has 2 fully saturated rings. The van der Waals surface area contributed by atoms with Gasteiger partial charge >= 0.3 is 6.09 Å². The second-order valence-electron chi connectivity index (χ2n) is 7.09. The zero-order valence-electron chi connectivity index (χ0n) is 12.5. The third-order valence-corrected chi connectivity index (χ3v) is 4.23. The second-order valence-corrected chi connectivity index (χ2v) is 7.09. The van der Waals surface area contributed by atoms with Crippen molar-refractivity contribution in [2.45, 2.75) is 32.8 Å². The van der Waals surface area contributed by atoms with Crippen molar-refractivity contribution in [2.24, 2.45) is 11.3 Å². The van der Waals surface area contributed by atoms with Gasteiger partial charge in [0.2, 0.25) is 0 Å². The molecule has 0 aromatic rings. The van der Waals surface area contributed by atoms with E-state index in [-0.39, 0.29) is 24.0 Å². The van der Waals surface area contributed by atoms with E-state index in [4.69, 9.17) is 4.74 Å². The molecular weight excluding hydrogens is 244 g/mol. The quantitative estimate of drug-likeness (QED) is 0.777. The van der Waals surface area contributed by atoms with Gasteiger partial charge in [-0.3, -0.25) is 0 Å². The SMILES string of the molecule is CN1CC2(CCN(C(=O)OC(C)(C)C)CC2CO)C1. The summed E-state index contributed by atoms with van der Waals surface area (Å²) in [6, 6.07) is 0. The number of amides is 1. The molecule has 1 atom stereocenters. The highest BCUT2D eigenvalue weighted by Gasteiger charge is 2.50. The van der Waals surface area contributed by atoms with Crippen LogP contribution in [0.5, 0.6) is 0 Å². The topological polar surface area (TPSA) is 53.0 Å². The molecule has 2 aliphatic rings. The maximum atomic E-state index is 12.1. The summed E-state index contributed by atoms with van der Waals surface area (Å²) >= 11 is 0. The molecule has 2 aliphatic heterocycles. The predicted octanol–water partition coefficient (Wildman–Crippen LogP) is 1.17. The average molecular weight is 270 g/mol. The molecule has 2 saturated heterocycles. The molecule has 0 aliphatic carbocycles. The van der Waals surface area contributed by atoms with Crippen molar-refractivity contribution in [3.8, 4) is 0 Å². The highest BCUT2D eigenvalue weighted by Crippen LogP contribution is 2.43. The van der Waals surface area contributed by atoms with Gasteiger partial charge in [-0.05, 0) is 34.2 Å². The molecule has 1 amide bonds. The van der Waals surface area contributed by atoms with Crippen LogP contribution in [0.15, 0.2) is 0 Å². The van der Waals surface area contributed by atoms with Crippen molar-refractivity contribution in [1.82, 2.24) is 9.80 Å². The van der Waals surface area contributed by atoms with Crippen molar-refractivity contribution in [1.29, 1.82) is 0 Å². The van der Waals surface area contributed by atoms with Crippen molar-refractivity contribution in [2.75, 3.05) is 39.8 Å². The first kappa shape index (κ1) is 14.6. The number of aliphatic hydroxyl groups is 1. The predicted molar refractivity (Wildman–Crippen MR) is 72.9 cm³/mol. The smallest absolute Gasteiger partial charge is 0.410 e. The Morgan fingerprint density at radius 2 is 2.05 bits per heavy atom. The second kappa shape index (κ2) is 4.94. The number of rotatable bonds is 1. The maximum absolute atomic E-state index is 12.1. The minimum absolute atomic E-state index is 0.146. The lowest BCUT2D eigenvalue weighted by molar-refractivity contribution is -0.0951. The van der Waals surface area contributed by atoms with Crippen LogP contribution in [0.25, 0.3) is 0 Å². The van der Waals surface area contributed by atoms with Crippen LogP contribution in [-0.2, 0) is 4.74 Å². The largest absolute Gasteiger partial charge is 0.444 e. The fourth-order valence-electron chi connectivity index (χ4n) is 3.30. The highest BCUT2D eigenvalue weighted by atomic mass is 16.6. The van der Waals surface area contributed by atoms with E-state index in [1.807, 2.05) is 20.8 Å². The number of nitrogens with zero attached hydrogens (tertiary/aromatic N) is 2. The van der Waals surface area contributed by atoms with Crippen LogP contribution in [-0.4, -0.2) is 66.4 Å². The zero-order chi connectivity index (χ0) is 14.3. The van der Waals surface area contributed by atoms with Gasteiger partial charge < -0.3 is 19.6 Å². The van der Waals surface area contributed by atoms with Gasteiger partial charge in [-0.25, -0.2) is 4.79 Å². The van der Waals surface area contributed by atoms with Gasteiger partial charge in [0.15, 0.2) is 0 Å². The fourth-order valence-corrected chi connectivity index (χ4v) is 3.30. The Morgan fingerprint density at radius 1 is 1.42 bits per heavy atom. The van der Waals surface area contributed by atoms with Gasteiger partial charge in [0, 0.05) is 44.1 Å². The van der Waals surface area contributed by atoms with E-state index in [0.29, 0.717) is 6.54 Å². The van der Waals surface area contributed by atoms with Gasteiger partial charge in [-0.1, -0.05) is 0 Å². The van der Waals surface area contributed by atoms with Gasteiger partial charge in [0.05, 0.1) is 0 Å². The maximum Gasteiger partial charge on any atom is 0.410 e. The summed E-state index contributed by atoms with van der Waals surface area (Å²) in [4.78, 5) is 16.1. The van der Waals surface area contributed by atoms with E-state index >= 15 is 0 Å². The Hall–Kier alpha value is -0.810. The minimum Gasteiger partial charge on any atom is -0.444 e. The lowest BCUT2D eigenvalue weighted by Crippen LogP contribution is -2.64. The number of hydrogen-bond donors (Lipinski definition) is 1. The van der Waals surface area contributed by atoms with Crippen molar-refractivity contribution in [3.63, 3.8) is 0 Å². The normalized spacial score (nSPS) is 27.2. The lowest BCUT2D eigenvalue weighted by atomic mass is 9.65. The van der Waals surface area contributed by atoms with Gasteiger partial charge in [0.25, 0.3) is 0 Å². The Kier molecular flexibility index (Phi) is 3.80. The fraction of sp³-hybridized carbons (Fsp3) is 0.929. The van der Waals surface area contributed by atoms with Gasteiger partial charge in [0.1, 0.15) is 5.60 Å². The van der Waals surface area contributed by atoms with Crippen molar-refractivity contribution in [3.05, 3.63) is 0 Å². The summed E-state index contributed by atoms with van der Waals surface area (Å²) in [5.41, 5.74) is -0.250. The molecule has 5 nitrogen and oxygen atoms in total. The molecule has 110 valence electrons. The number of likely N-dealkylation sites (tertiary alicyclic amines) is 2. The Labute approximate surface area is 115 Å². The summed E-state index contributed by atoms with van der Waals surface area (Å²) < 4.78 is 5.41. The highest BCUT2D eigenvalue weighted by molar-refractivity contribution is 5.68. The molecule has 0 saturated carbocycles. The van der Waals surface area contributed by atoms with Crippen LogP contribution < -0.4 is 0 Å². The number of hydrogen-bond acceptors (Lipinski definition) is 4. The molecule has 1 spiro atoms. The summed E-state index contributed by atoms with van der Waals surface area (Å²) in [5.74, 6) is 0.171. The van der Waals surface area contributed by atoms with E-state index in [1.165, 1.54) is 0 Å². The molecule has 0 bridgehead atoms. The average Bonchev–Trinajstić information content (AvgIpc) is 2.25. The number of aliphatic hydroxyl groups excluding tert-OH is 1. The molecule has 2 heterocycles. The summed E-state index contributed by atoms with van der Waals surface area (Å²) in [6.07, 6.45) is 0.704. The van der Waals surface area contributed by atoms with E-state index in [2.05, 4.69) is 11.9 Å². The Morgan fingerprint density at radius 3 is 2.53 bits per heavy atom. The molecular formula is C14H26N2O3. The minimum atomic E-state index is -0.461. The third kappa shape index (κ3) is 3.03. The van der Waals surface area contributed by atoms with Gasteiger partial charge in [-0.15, -0.1) is 0 Å². The molecule has 0 aromatic heterocycles. The number of ether oxygens (including phenoxy) is 1. The molecule has 0 aromatic carbocycles. The molecule has 2 rings (SSSR count). The standard InChI is InChI=1S/C14H26N2O3/c1-13(2,3)19-12(18)16-6-5-14(9-15(4)10-14)11(7-16)8-17/h11,17H,5-10H2,1-4H3. The Bertz CT molecular complexity index is 345. The van der Waals surface area contributed by atoms with Crippen LogP contribution in [0.3, 0.4) is 0 Å². The third-order valence-electron chi connectivity index (χ3n) is 4.23. The Balaban J connectivity index is 1.96. The first-order chi connectivity index (χ1) is 8.76. The van der Waals surface area contributed by atoms with Crippen LogP contribution in [0.4, 0.5) is 4.79 Å². The lowest BCUT2D eigenvalue weighted by Gasteiger charge is -2.56. The monoisotopic (exact) mass is 270 g/mol. The van der Waals surface area contributed by atoms with Crippen LogP contribution in [0.2, 0.25) is 0 Å². The van der Waals surface area contributed by atoms with Gasteiger partial charge in [-0.2, -0.15) is 0 Å². The number of carbonyl (C=O) groups excluding carboxylic acids is 1. The van der Waals surface area contributed by atoms with E-state index in [9.17, 15) is 9.90 Å². The number of carbonyl (C=O) groups is 1. The molecule has 19 heavy (non-hydrogen) atoms. The van der Waals surface area contributed by atoms with Crippen LogP contribution in [0, 0.1) is 11.3 Å². The molecule has 1 N–H and O–H groups in total. The zero-order valence-corrected chi connectivity index (χ0v) is 12.5. The van der Waals surface area contributed by atoms with Crippen molar-refractivity contribution < 1.29 is 14.6 Å². The van der Waals surface area contributed by atoms with Crippen LogP contribution in [0.1, 0.15) is 27.2 Å². The first-order valence-electron chi connectivity index (χ1n) is 7.03. The molecule has 1 unspecified atom stereocenters. The summed E-state index contributed by atoms with van der Waals surface area (Å²) in [5, 5.41) is 9.61. The number of piperidine rings is 1. The summed E-state index contributed by atoms with van der Waals surface area (Å²) in [7, 11) is 2.10. The van der Waals surface area contributed by atoms with E-state index in [1.54, 1.807) is 4.90 Å². The molecule has 0 radical (unpaired) electrons. The summed E-state index contributed by atoms with van der Waals surface area (Å²) in [6.45, 7) is 9.18. The van der Waals surface area contributed by atoms with E-state index < -0.39 is 5.60 Å². The van der Waals surface area contributed by atoms with Crippen molar-refractivity contribution >= 4 is 6.09 Å². The first-order valence-corrected chi connectivity index (χ1v) is 7.03. The molecule has 5 heteroatoms.